The SMILES string of the molecule is CCCCCCCCOC(=O)c1ccc(C(=O)OCc2cc(F)cc(F)c2F)cc1. The van der Waals surface area contributed by atoms with Crippen LogP contribution in [0.5, 0.6) is 0 Å². The molecule has 0 N–H and O–H groups in total. The summed E-state index contributed by atoms with van der Waals surface area (Å²) in [6.45, 7) is 1.87. The van der Waals surface area contributed by atoms with Crippen LogP contribution >= 0.6 is 0 Å². The van der Waals surface area contributed by atoms with Crippen molar-refractivity contribution in [3.05, 3.63) is 70.5 Å². The average molecular weight is 422 g/mol. The first kappa shape index (κ1) is 23.4. The number of benzene rings is 2. The Morgan fingerprint density at radius 3 is 2.00 bits per heavy atom. The normalized spacial score (nSPS) is 10.7. The van der Waals surface area contributed by atoms with Crippen molar-refractivity contribution in [2.24, 2.45) is 0 Å². The van der Waals surface area contributed by atoms with Crippen LogP contribution in [-0.4, -0.2) is 18.5 Å². The van der Waals surface area contributed by atoms with E-state index in [1.807, 2.05) is 0 Å². The van der Waals surface area contributed by atoms with Gasteiger partial charge < -0.3 is 9.47 Å². The maximum atomic E-state index is 13.6. The molecule has 0 amide bonds. The van der Waals surface area contributed by atoms with Crippen molar-refractivity contribution < 1.29 is 32.2 Å². The lowest BCUT2D eigenvalue weighted by molar-refractivity contribution is 0.0462. The third-order valence-electron chi connectivity index (χ3n) is 4.51. The summed E-state index contributed by atoms with van der Waals surface area (Å²) in [6, 6.07) is 6.74. The second kappa shape index (κ2) is 12.0. The molecule has 0 aromatic heterocycles. The highest BCUT2D eigenvalue weighted by Crippen LogP contribution is 2.16. The Kier molecular flexibility index (Phi) is 9.38. The molecule has 30 heavy (non-hydrogen) atoms. The first-order valence-corrected chi connectivity index (χ1v) is 10.00. The summed E-state index contributed by atoms with van der Waals surface area (Å²) in [5.74, 6) is -4.90. The Bertz CT molecular complexity index is 850. The standard InChI is InChI=1S/C23H25F3O4/c1-2-3-4-5-6-7-12-29-22(27)16-8-10-17(11-9-16)23(28)30-15-18-13-19(24)14-20(25)21(18)26/h8-11,13-14H,2-7,12,15H2,1H3. The minimum absolute atomic E-state index is 0.111. The van der Waals surface area contributed by atoms with Crippen LogP contribution in [0, 0.1) is 17.5 Å². The molecule has 0 bridgehead atoms. The molecule has 0 saturated heterocycles. The van der Waals surface area contributed by atoms with Gasteiger partial charge in [0.2, 0.25) is 0 Å². The molecule has 0 saturated carbocycles. The Morgan fingerprint density at radius 1 is 0.800 bits per heavy atom. The van der Waals surface area contributed by atoms with Crippen molar-refractivity contribution in [3.63, 3.8) is 0 Å². The van der Waals surface area contributed by atoms with E-state index < -0.39 is 41.6 Å². The summed E-state index contributed by atoms with van der Waals surface area (Å²) < 4.78 is 50.1. The van der Waals surface area contributed by atoms with Crippen LogP contribution in [0.15, 0.2) is 36.4 Å². The van der Waals surface area contributed by atoms with Crippen LogP contribution in [0.2, 0.25) is 0 Å². The largest absolute Gasteiger partial charge is 0.462 e. The maximum absolute atomic E-state index is 13.6. The van der Waals surface area contributed by atoms with E-state index in [0.717, 1.165) is 25.3 Å². The second-order valence-electron chi connectivity index (χ2n) is 6.92. The number of ether oxygens (including phenoxy) is 2. The lowest BCUT2D eigenvalue weighted by Crippen LogP contribution is -2.09. The number of halogens is 3. The lowest BCUT2D eigenvalue weighted by Gasteiger charge is -2.08. The molecule has 162 valence electrons. The van der Waals surface area contributed by atoms with Gasteiger partial charge in [-0.2, -0.15) is 0 Å². The Labute approximate surface area is 174 Å². The van der Waals surface area contributed by atoms with Gasteiger partial charge in [0, 0.05) is 11.6 Å². The fourth-order valence-electron chi connectivity index (χ4n) is 2.81. The molecule has 0 fully saturated rings. The molecule has 7 heteroatoms. The minimum atomic E-state index is -1.36. The summed E-state index contributed by atoms with van der Waals surface area (Å²) in [6.07, 6.45) is 6.50. The number of carbonyl (C=O) groups excluding carboxylic acids is 2. The van der Waals surface area contributed by atoms with Gasteiger partial charge in [-0.1, -0.05) is 39.0 Å². The summed E-state index contributed by atoms with van der Waals surface area (Å²) in [5, 5.41) is 0. The van der Waals surface area contributed by atoms with Crippen molar-refractivity contribution >= 4 is 11.9 Å². The summed E-state index contributed by atoms with van der Waals surface area (Å²) in [5.41, 5.74) is -0.00808. The van der Waals surface area contributed by atoms with Crippen LogP contribution in [0.4, 0.5) is 13.2 Å². The van der Waals surface area contributed by atoms with Gasteiger partial charge >= 0.3 is 11.9 Å². The lowest BCUT2D eigenvalue weighted by atomic mass is 10.1. The smallest absolute Gasteiger partial charge is 0.338 e. The van der Waals surface area contributed by atoms with E-state index in [1.165, 1.54) is 43.5 Å². The zero-order chi connectivity index (χ0) is 21.9. The number of esters is 2. The van der Waals surface area contributed by atoms with Crippen molar-refractivity contribution in [1.29, 1.82) is 0 Å². The molecule has 2 rings (SSSR count). The van der Waals surface area contributed by atoms with Crippen LogP contribution < -0.4 is 0 Å². The molecule has 4 nitrogen and oxygen atoms in total. The van der Waals surface area contributed by atoms with E-state index in [2.05, 4.69) is 6.92 Å². The van der Waals surface area contributed by atoms with E-state index in [-0.39, 0.29) is 11.1 Å². The molecule has 0 unspecified atom stereocenters. The fraction of sp³-hybridized carbons (Fsp3) is 0.391. The Hall–Kier alpha value is -2.83. The summed E-state index contributed by atoms with van der Waals surface area (Å²) >= 11 is 0. The predicted octanol–water partition coefficient (Wildman–Crippen LogP) is 5.98. The van der Waals surface area contributed by atoms with Crippen molar-refractivity contribution in [1.82, 2.24) is 0 Å². The molecule has 0 radical (unpaired) electrons. The number of carbonyl (C=O) groups is 2. The predicted molar refractivity (Wildman–Crippen MR) is 106 cm³/mol. The zero-order valence-corrected chi connectivity index (χ0v) is 16.9. The van der Waals surface area contributed by atoms with Gasteiger partial charge in [-0.25, -0.2) is 22.8 Å². The van der Waals surface area contributed by atoms with Crippen molar-refractivity contribution in [2.75, 3.05) is 6.61 Å². The number of hydrogen-bond donors (Lipinski definition) is 0. The molecule has 0 spiro atoms. The van der Waals surface area contributed by atoms with Gasteiger partial charge in [0.25, 0.3) is 0 Å². The monoisotopic (exact) mass is 422 g/mol. The molecule has 0 heterocycles. The molecular weight excluding hydrogens is 397 g/mol. The van der Waals surface area contributed by atoms with Gasteiger partial charge in [-0.05, 0) is 36.8 Å². The second-order valence-corrected chi connectivity index (χ2v) is 6.92. The molecule has 0 aliphatic rings. The molecule has 0 aliphatic carbocycles. The molecule has 2 aromatic carbocycles. The van der Waals surface area contributed by atoms with Crippen LogP contribution in [0.1, 0.15) is 71.7 Å². The quantitative estimate of drug-likeness (QED) is 0.254. The Morgan fingerprint density at radius 2 is 1.37 bits per heavy atom. The third-order valence-corrected chi connectivity index (χ3v) is 4.51. The van der Waals surface area contributed by atoms with Gasteiger partial charge in [0.1, 0.15) is 12.4 Å². The zero-order valence-electron chi connectivity index (χ0n) is 16.9. The fourth-order valence-corrected chi connectivity index (χ4v) is 2.81. The van der Waals surface area contributed by atoms with E-state index in [4.69, 9.17) is 9.47 Å². The van der Waals surface area contributed by atoms with Crippen molar-refractivity contribution in [3.8, 4) is 0 Å². The highest BCUT2D eigenvalue weighted by molar-refractivity contribution is 5.93. The first-order valence-electron chi connectivity index (χ1n) is 10.00. The van der Waals surface area contributed by atoms with Crippen molar-refractivity contribution in [2.45, 2.75) is 52.1 Å². The highest BCUT2D eigenvalue weighted by Gasteiger charge is 2.15. The molecule has 2 aromatic rings. The van der Waals surface area contributed by atoms with Gasteiger partial charge in [-0.15, -0.1) is 0 Å². The van der Waals surface area contributed by atoms with Gasteiger partial charge in [-0.3, -0.25) is 0 Å². The highest BCUT2D eigenvalue weighted by atomic mass is 19.2. The van der Waals surface area contributed by atoms with Crippen LogP contribution in [-0.2, 0) is 16.1 Å². The third kappa shape index (κ3) is 7.21. The average Bonchev–Trinajstić information content (AvgIpc) is 2.74. The molecular formula is C23H25F3O4. The van der Waals surface area contributed by atoms with Crippen LogP contribution in [0.25, 0.3) is 0 Å². The van der Waals surface area contributed by atoms with Gasteiger partial charge in [0.05, 0.1) is 17.7 Å². The number of hydrogen-bond acceptors (Lipinski definition) is 4. The molecule has 0 aliphatic heterocycles. The summed E-state index contributed by atoms with van der Waals surface area (Å²) in [7, 11) is 0. The first-order chi connectivity index (χ1) is 14.4. The van der Waals surface area contributed by atoms with Gasteiger partial charge in [0.15, 0.2) is 11.6 Å². The van der Waals surface area contributed by atoms with E-state index in [9.17, 15) is 22.8 Å². The van der Waals surface area contributed by atoms with Crippen LogP contribution in [0.3, 0.4) is 0 Å². The maximum Gasteiger partial charge on any atom is 0.338 e. The van der Waals surface area contributed by atoms with E-state index >= 15 is 0 Å². The topological polar surface area (TPSA) is 52.6 Å². The van der Waals surface area contributed by atoms with E-state index in [1.54, 1.807) is 0 Å². The Balaban J connectivity index is 1.80. The minimum Gasteiger partial charge on any atom is -0.462 e. The molecule has 0 atom stereocenters. The van der Waals surface area contributed by atoms with E-state index in [0.29, 0.717) is 12.7 Å². The number of unbranched alkanes of at least 4 members (excludes halogenated alkanes) is 5. The summed E-state index contributed by atoms with van der Waals surface area (Å²) in [4.78, 5) is 24.1. The number of rotatable bonds is 11.